The molecular weight excluding hydrogens is 334 g/mol. The van der Waals surface area contributed by atoms with Crippen molar-refractivity contribution in [2.45, 2.75) is 25.4 Å². The summed E-state index contributed by atoms with van der Waals surface area (Å²) in [5, 5.41) is 11.0. The molecule has 0 aliphatic carbocycles. The van der Waals surface area contributed by atoms with E-state index in [9.17, 15) is 9.59 Å². The molecule has 0 radical (unpaired) electrons. The lowest BCUT2D eigenvalue weighted by Gasteiger charge is -2.32. The lowest BCUT2D eigenvalue weighted by Crippen LogP contribution is -2.46. The number of carboxylic acid groups (broad SMARTS) is 1. The van der Waals surface area contributed by atoms with E-state index < -0.39 is 12.1 Å². The van der Waals surface area contributed by atoms with Gasteiger partial charge in [0.25, 0.3) is 0 Å². The number of morpholine rings is 1. The van der Waals surface area contributed by atoms with Crippen LogP contribution in [0.5, 0.6) is 5.75 Å². The van der Waals surface area contributed by atoms with Crippen LogP contribution in [0.1, 0.15) is 19.3 Å². The van der Waals surface area contributed by atoms with Crippen molar-refractivity contribution in [2.24, 2.45) is 0 Å². The Morgan fingerprint density at radius 2 is 2.00 bits per heavy atom. The Hall–Kier alpha value is -2.60. The Labute approximate surface area is 152 Å². The number of amides is 1. The van der Waals surface area contributed by atoms with Crippen molar-refractivity contribution in [3.63, 3.8) is 0 Å². The number of carbonyl (C=O) groups is 2. The Kier molecular flexibility index (Phi) is 6.07. The van der Waals surface area contributed by atoms with Crippen LogP contribution in [-0.2, 0) is 14.3 Å². The quantitative estimate of drug-likeness (QED) is 0.771. The molecule has 0 saturated carbocycles. The third kappa shape index (κ3) is 4.73. The molecular formula is C20H23NO5. The zero-order valence-corrected chi connectivity index (χ0v) is 14.6. The molecule has 1 aliphatic heterocycles. The summed E-state index contributed by atoms with van der Waals surface area (Å²) in [6.45, 7) is 1.70. The molecule has 1 amide bonds. The van der Waals surface area contributed by atoms with Gasteiger partial charge in [0.15, 0.2) is 0 Å². The van der Waals surface area contributed by atoms with Gasteiger partial charge in [-0.15, -0.1) is 0 Å². The van der Waals surface area contributed by atoms with Crippen LogP contribution in [-0.4, -0.2) is 54.3 Å². The molecule has 2 aromatic rings. The van der Waals surface area contributed by atoms with Crippen molar-refractivity contribution in [3.8, 4) is 5.75 Å². The molecule has 2 aromatic carbocycles. The van der Waals surface area contributed by atoms with Crippen LogP contribution in [0, 0.1) is 0 Å². The molecule has 3 rings (SSSR count). The van der Waals surface area contributed by atoms with Gasteiger partial charge < -0.3 is 19.5 Å². The Balaban J connectivity index is 1.45. The first-order valence-corrected chi connectivity index (χ1v) is 8.85. The predicted octanol–water partition coefficient (Wildman–Crippen LogP) is 2.70. The molecule has 6 heteroatoms. The lowest BCUT2D eigenvalue weighted by atomic mass is 10.1. The van der Waals surface area contributed by atoms with Crippen LogP contribution in [0.4, 0.5) is 0 Å². The van der Waals surface area contributed by atoms with Crippen molar-refractivity contribution in [2.75, 3.05) is 26.3 Å². The van der Waals surface area contributed by atoms with Gasteiger partial charge in [-0.25, -0.2) is 0 Å². The van der Waals surface area contributed by atoms with Crippen molar-refractivity contribution in [1.82, 2.24) is 4.90 Å². The largest absolute Gasteiger partial charge is 0.493 e. The topological polar surface area (TPSA) is 76.1 Å². The summed E-state index contributed by atoms with van der Waals surface area (Å²) in [6.07, 6.45) is 0.499. The molecule has 0 spiro atoms. The summed E-state index contributed by atoms with van der Waals surface area (Å²) in [7, 11) is 0. The summed E-state index contributed by atoms with van der Waals surface area (Å²) < 4.78 is 11.3. The fourth-order valence-electron chi connectivity index (χ4n) is 3.15. The van der Waals surface area contributed by atoms with Gasteiger partial charge in [0.1, 0.15) is 5.75 Å². The number of ether oxygens (including phenoxy) is 2. The van der Waals surface area contributed by atoms with Gasteiger partial charge in [-0.05, 0) is 17.9 Å². The van der Waals surface area contributed by atoms with Crippen LogP contribution in [0.3, 0.4) is 0 Å². The van der Waals surface area contributed by atoms with Crippen molar-refractivity contribution >= 4 is 22.6 Å². The Bertz CT molecular complexity index is 770. The lowest BCUT2D eigenvalue weighted by molar-refractivity contribution is -0.147. The average Bonchev–Trinajstić information content (AvgIpc) is 2.65. The zero-order chi connectivity index (χ0) is 18.4. The maximum absolute atomic E-state index is 12.3. The highest BCUT2D eigenvalue weighted by atomic mass is 16.5. The van der Waals surface area contributed by atoms with E-state index in [4.69, 9.17) is 14.6 Å². The molecule has 1 heterocycles. The fraction of sp³-hybridized carbons (Fsp3) is 0.400. The first-order chi connectivity index (χ1) is 12.6. The number of carboxylic acids is 1. The second-order valence-corrected chi connectivity index (χ2v) is 6.36. The summed E-state index contributed by atoms with van der Waals surface area (Å²) in [6, 6.07) is 14.0. The summed E-state index contributed by atoms with van der Waals surface area (Å²) in [5.74, 6) is -0.0681. The van der Waals surface area contributed by atoms with Gasteiger partial charge in [0, 0.05) is 24.9 Å². The highest BCUT2D eigenvalue weighted by Gasteiger charge is 2.25. The highest BCUT2D eigenvalue weighted by Crippen LogP contribution is 2.25. The normalized spacial score (nSPS) is 17.2. The molecule has 0 aromatic heterocycles. The molecule has 0 bridgehead atoms. The van der Waals surface area contributed by atoms with Crippen molar-refractivity contribution in [3.05, 3.63) is 42.5 Å². The number of rotatable bonds is 7. The molecule has 1 N–H and O–H groups in total. The number of hydrogen-bond donors (Lipinski definition) is 1. The van der Waals surface area contributed by atoms with Gasteiger partial charge in [-0.3, -0.25) is 9.59 Å². The van der Waals surface area contributed by atoms with Gasteiger partial charge in [-0.1, -0.05) is 36.4 Å². The molecule has 138 valence electrons. The van der Waals surface area contributed by atoms with E-state index in [2.05, 4.69) is 0 Å². The minimum atomic E-state index is -0.909. The van der Waals surface area contributed by atoms with E-state index in [1.165, 1.54) is 0 Å². The highest BCUT2D eigenvalue weighted by molar-refractivity contribution is 5.88. The van der Waals surface area contributed by atoms with E-state index in [1.54, 1.807) is 4.90 Å². The number of benzene rings is 2. The standard InChI is InChI=1S/C20H23NO5/c22-19(21-10-12-25-16(14-21)13-20(23)24)9-4-11-26-18-8-3-6-15-5-1-2-7-17(15)18/h1-3,5-8,16H,4,9-14H2,(H,23,24). The van der Waals surface area contributed by atoms with Crippen molar-refractivity contribution < 1.29 is 24.2 Å². The van der Waals surface area contributed by atoms with E-state index in [0.717, 1.165) is 16.5 Å². The van der Waals surface area contributed by atoms with E-state index in [0.29, 0.717) is 39.1 Å². The van der Waals surface area contributed by atoms with Gasteiger partial charge >= 0.3 is 5.97 Å². The number of nitrogens with zero attached hydrogens (tertiary/aromatic N) is 1. The summed E-state index contributed by atoms with van der Waals surface area (Å²) >= 11 is 0. The molecule has 6 nitrogen and oxygen atoms in total. The fourth-order valence-corrected chi connectivity index (χ4v) is 3.15. The second kappa shape index (κ2) is 8.67. The first-order valence-electron chi connectivity index (χ1n) is 8.85. The second-order valence-electron chi connectivity index (χ2n) is 6.36. The maximum atomic E-state index is 12.3. The molecule has 1 unspecified atom stereocenters. The monoisotopic (exact) mass is 357 g/mol. The Morgan fingerprint density at radius 3 is 2.85 bits per heavy atom. The van der Waals surface area contributed by atoms with Crippen LogP contribution >= 0.6 is 0 Å². The average molecular weight is 357 g/mol. The smallest absolute Gasteiger partial charge is 0.306 e. The number of fused-ring (bicyclic) bond motifs is 1. The molecule has 1 atom stereocenters. The van der Waals surface area contributed by atoms with E-state index in [1.807, 2.05) is 42.5 Å². The van der Waals surface area contributed by atoms with Crippen LogP contribution in [0.15, 0.2) is 42.5 Å². The summed E-state index contributed by atoms with van der Waals surface area (Å²) in [5.41, 5.74) is 0. The maximum Gasteiger partial charge on any atom is 0.306 e. The van der Waals surface area contributed by atoms with Crippen molar-refractivity contribution in [1.29, 1.82) is 0 Å². The number of hydrogen-bond acceptors (Lipinski definition) is 4. The molecule has 1 fully saturated rings. The summed E-state index contributed by atoms with van der Waals surface area (Å²) in [4.78, 5) is 24.8. The zero-order valence-electron chi connectivity index (χ0n) is 14.6. The minimum Gasteiger partial charge on any atom is -0.493 e. The van der Waals surface area contributed by atoms with E-state index in [-0.39, 0.29) is 12.3 Å². The molecule has 26 heavy (non-hydrogen) atoms. The minimum absolute atomic E-state index is 0.0187. The number of aliphatic carboxylic acids is 1. The van der Waals surface area contributed by atoms with Gasteiger partial charge in [0.2, 0.25) is 5.91 Å². The first kappa shape index (κ1) is 18.2. The number of carbonyl (C=O) groups excluding carboxylic acids is 1. The Morgan fingerprint density at radius 1 is 1.19 bits per heavy atom. The van der Waals surface area contributed by atoms with E-state index >= 15 is 0 Å². The van der Waals surface area contributed by atoms with Gasteiger partial charge in [0.05, 0.1) is 25.7 Å². The predicted molar refractivity (Wildman–Crippen MR) is 97.2 cm³/mol. The van der Waals surface area contributed by atoms with Crippen LogP contribution in [0.2, 0.25) is 0 Å². The van der Waals surface area contributed by atoms with Crippen LogP contribution < -0.4 is 4.74 Å². The van der Waals surface area contributed by atoms with Gasteiger partial charge in [-0.2, -0.15) is 0 Å². The van der Waals surface area contributed by atoms with Crippen LogP contribution in [0.25, 0.3) is 10.8 Å². The SMILES string of the molecule is O=C(O)CC1CN(C(=O)CCCOc2cccc3ccccc23)CCO1. The third-order valence-electron chi connectivity index (χ3n) is 4.44. The molecule has 1 saturated heterocycles. The molecule has 1 aliphatic rings. The third-order valence-corrected chi connectivity index (χ3v) is 4.44.